The van der Waals surface area contributed by atoms with Crippen molar-refractivity contribution in [2.45, 2.75) is 13.3 Å². The van der Waals surface area contributed by atoms with Gasteiger partial charge in [0.25, 0.3) is 11.8 Å². The second-order valence-electron chi connectivity index (χ2n) is 6.97. The van der Waals surface area contributed by atoms with E-state index in [1.165, 1.54) is 12.1 Å². The van der Waals surface area contributed by atoms with Gasteiger partial charge in [-0.2, -0.15) is 0 Å². The van der Waals surface area contributed by atoms with Gasteiger partial charge in [-0.25, -0.2) is 0 Å². The Labute approximate surface area is 192 Å². The molecule has 162 valence electrons. The first-order valence-corrected chi connectivity index (χ1v) is 10.5. The Morgan fingerprint density at radius 2 is 1.90 bits per heavy atom. The lowest BCUT2D eigenvalue weighted by molar-refractivity contribution is -0.151. The van der Waals surface area contributed by atoms with Gasteiger partial charge in [-0.05, 0) is 55.0 Å². The summed E-state index contributed by atoms with van der Waals surface area (Å²) < 4.78 is 5.96. The van der Waals surface area contributed by atoms with Crippen molar-refractivity contribution in [3.05, 3.63) is 63.1 Å². The zero-order valence-electron chi connectivity index (χ0n) is 16.5. The van der Waals surface area contributed by atoms with E-state index in [2.05, 4.69) is 26.7 Å². The molecule has 0 aromatic heterocycles. The number of carbonyl (C=O) groups is 4. The third-order valence-corrected chi connectivity index (χ3v) is 5.73. The molecule has 0 radical (unpaired) electrons. The molecule has 1 heterocycles. The van der Waals surface area contributed by atoms with Gasteiger partial charge in [-0.3, -0.25) is 29.6 Å². The van der Waals surface area contributed by atoms with E-state index in [1.807, 2.05) is 6.92 Å². The number of anilines is 1. The Bertz CT molecular complexity index is 1030. The minimum Gasteiger partial charge on any atom is -0.455 e. The van der Waals surface area contributed by atoms with Crippen LogP contribution in [0.5, 0.6) is 0 Å². The molecule has 8 nitrogen and oxygen atoms in total. The Balaban J connectivity index is 1.48. The normalized spacial score (nSPS) is 15.5. The van der Waals surface area contributed by atoms with Gasteiger partial charge in [0.15, 0.2) is 6.61 Å². The highest BCUT2D eigenvalue weighted by molar-refractivity contribution is 9.10. The largest absolute Gasteiger partial charge is 0.455 e. The van der Waals surface area contributed by atoms with Gasteiger partial charge in [0.05, 0.1) is 12.5 Å². The molecule has 1 aliphatic heterocycles. The van der Waals surface area contributed by atoms with Crippen LogP contribution in [0.3, 0.4) is 0 Å². The number of nitrogens with zero attached hydrogens (tertiary/aromatic N) is 1. The molecule has 3 rings (SSSR count). The van der Waals surface area contributed by atoms with Crippen LogP contribution in [0, 0.1) is 12.8 Å². The first-order valence-electron chi connectivity index (χ1n) is 9.32. The second kappa shape index (κ2) is 9.93. The van der Waals surface area contributed by atoms with Crippen LogP contribution in [-0.4, -0.2) is 41.9 Å². The van der Waals surface area contributed by atoms with Crippen molar-refractivity contribution in [2.24, 2.45) is 5.92 Å². The van der Waals surface area contributed by atoms with E-state index in [9.17, 15) is 19.2 Å². The summed E-state index contributed by atoms with van der Waals surface area (Å²) in [7, 11) is 0. The summed E-state index contributed by atoms with van der Waals surface area (Å²) in [6.45, 7) is 1.37. The maximum atomic E-state index is 12.3. The number of carbonyl (C=O) groups excluding carboxylic acids is 4. The van der Waals surface area contributed by atoms with Gasteiger partial charge in [-0.15, -0.1) is 0 Å². The molecule has 1 fully saturated rings. The van der Waals surface area contributed by atoms with Gasteiger partial charge >= 0.3 is 5.97 Å². The second-order valence-corrected chi connectivity index (χ2v) is 8.26. The monoisotopic (exact) mass is 507 g/mol. The van der Waals surface area contributed by atoms with Gasteiger partial charge in [-0.1, -0.05) is 27.5 Å². The minimum absolute atomic E-state index is 0.0372. The van der Waals surface area contributed by atoms with Crippen molar-refractivity contribution < 1.29 is 23.9 Å². The summed E-state index contributed by atoms with van der Waals surface area (Å²) in [5.41, 5.74) is 4.31. The topological polar surface area (TPSA) is 105 Å². The quantitative estimate of drug-likeness (QED) is 0.584. The molecule has 0 unspecified atom stereocenters. The number of rotatable bonds is 6. The molecular formula is C21H19BrClN3O5. The highest BCUT2D eigenvalue weighted by Gasteiger charge is 2.36. The van der Waals surface area contributed by atoms with E-state index in [0.717, 1.165) is 15.0 Å². The third-order valence-electron chi connectivity index (χ3n) is 4.59. The summed E-state index contributed by atoms with van der Waals surface area (Å²) in [5.74, 6) is -2.87. The molecule has 2 N–H and O–H groups in total. The summed E-state index contributed by atoms with van der Waals surface area (Å²) in [5, 5.41) is 4.20. The zero-order valence-corrected chi connectivity index (χ0v) is 18.8. The van der Waals surface area contributed by atoms with Crippen LogP contribution in [0.2, 0.25) is 5.02 Å². The van der Waals surface area contributed by atoms with Crippen molar-refractivity contribution in [1.82, 2.24) is 10.4 Å². The molecule has 0 aliphatic carbocycles. The van der Waals surface area contributed by atoms with E-state index in [-0.39, 0.29) is 13.0 Å². The average molecular weight is 509 g/mol. The van der Waals surface area contributed by atoms with Gasteiger partial charge in [0.1, 0.15) is 0 Å². The lowest BCUT2D eigenvalue weighted by Crippen LogP contribution is -2.43. The molecule has 1 atom stereocenters. The van der Waals surface area contributed by atoms with Crippen LogP contribution in [-0.2, 0) is 19.1 Å². The lowest BCUT2D eigenvalue weighted by Gasteiger charge is -2.17. The molecule has 2 aromatic carbocycles. The van der Waals surface area contributed by atoms with Crippen LogP contribution < -0.4 is 10.7 Å². The highest BCUT2D eigenvalue weighted by atomic mass is 79.9. The number of esters is 1. The van der Waals surface area contributed by atoms with Crippen LogP contribution in [0.1, 0.15) is 22.3 Å². The van der Waals surface area contributed by atoms with Crippen molar-refractivity contribution >= 4 is 56.9 Å². The molecule has 0 saturated carbocycles. The van der Waals surface area contributed by atoms with E-state index >= 15 is 0 Å². The van der Waals surface area contributed by atoms with Gasteiger partial charge in [0, 0.05) is 27.2 Å². The summed E-state index contributed by atoms with van der Waals surface area (Å²) in [6, 6.07) is 11.5. The molecular weight excluding hydrogens is 490 g/mol. The molecule has 31 heavy (non-hydrogen) atoms. The first kappa shape index (κ1) is 22.8. The SMILES string of the molecule is Cc1cc(NC(=O)COC(=O)[C@H]2CC(=O)N(NC(=O)c3ccc(Cl)cc3)C2)ccc1Br. The Morgan fingerprint density at radius 1 is 1.19 bits per heavy atom. The fourth-order valence-corrected chi connectivity index (χ4v) is 3.31. The van der Waals surface area contributed by atoms with E-state index in [0.29, 0.717) is 16.3 Å². The van der Waals surface area contributed by atoms with Crippen molar-refractivity contribution in [3.8, 4) is 0 Å². The van der Waals surface area contributed by atoms with Crippen LogP contribution in [0.25, 0.3) is 0 Å². The number of nitrogens with one attached hydrogen (secondary N) is 2. The predicted molar refractivity (Wildman–Crippen MR) is 117 cm³/mol. The van der Waals surface area contributed by atoms with Gasteiger partial charge < -0.3 is 10.1 Å². The average Bonchev–Trinajstić information content (AvgIpc) is 3.10. The lowest BCUT2D eigenvalue weighted by atomic mass is 10.1. The molecule has 0 spiro atoms. The predicted octanol–water partition coefficient (Wildman–Crippen LogP) is 3.09. The number of aryl methyl sites for hydroxylation is 1. The molecule has 0 bridgehead atoms. The first-order chi connectivity index (χ1) is 14.7. The van der Waals surface area contributed by atoms with E-state index in [4.69, 9.17) is 16.3 Å². The van der Waals surface area contributed by atoms with E-state index in [1.54, 1.807) is 30.3 Å². The summed E-state index contributed by atoms with van der Waals surface area (Å²) >= 11 is 9.17. The maximum Gasteiger partial charge on any atom is 0.311 e. The Kier molecular flexibility index (Phi) is 7.29. The number of hydrazine groups is 1. The zero-order chi connectivity index (χ0) is 22.5. The number of hydrogen-bond donors (Lipinski definition) is 2. The molecule has 10 heteroatoms. The van der Waals surface area contributed by atoms with Gasteiger partial charge in [0.2, 0.25) is 5.91 Å². The fraction of sp³-hybridized carbons (Fsp3) is 0.238. The number of ether oxygens (including phenoxy) is 1. The minimum atomic E-state index is -0.777. The van der Waals surface area contributed by atoms with Crippen LogP contribution >= 0.6 is 27.5 Å². The Morgan fingerprint density at radius 3 is 2.58 bits per heavy atom. The molecule has 3 amide bonds. The van der Waals surface area contributed by atoms with E-state index < -0.39 is 36.2 Å². The number of hydrogen-bond acceptors (Lipinski definition) is 5. The number of amides is 3. The summed E-state index contributed by atoms with van der Waals surface area (Å²) in [6.07, 6.45) is -0.118. The van der Waals surface area contributed by atoms with Crippen molar-refractivity contribution in [2.75, 3.05) is 18.5 Å². The van der Waals surface area contributed by atoms with Crippen LogP contribution in [0.15, 0.2) is 46.9 Å². The summed E-state index contributed by atoms with van der Waals surface area (Å²) in [4.78, 5) is 48.7. The molecule has 1 aliphatic rings. The van der Waals surface area contributed by atoms with Crippen molar-refractivity contribution in [3.63, 3.8) is 0 Å². The Hall–Kier alpha value is -2.91. The standard InChI is InChI=1S/C21H19BrClN3O5/c1-12-8-16(6-7-17(12)22)24-18(27)11-31-21(30)14-9-19(28)26(10-14)25-20(29)13-2-4-15(23)5-3-13/h2-8,14H,9-11H2,1H3,(H,24,27)(H,25,29)/t14-/m0/s1. The van der Waals surface area contributed by atoms with Crippen LogP contribution in [0.4, 0.5) is 5.69 Å². The molecule has 2 aromatic rings. The number of benzene rings is 2. The number of halogens is 2. The van der Waals surface area contributed by atoms with Crippen molar-refractivity contribution in [1.29, 1.82) is 0 Å². The molecule has 1 saturated heterocycles. The maximum absolute atomic E-state index is 12.3. The smallest absolute Gasteiger partial charge is 0.311 e. The fourth-order valence-electron chi connectivity index (χ4n) is 2.94. The third kappa shape index (κ3) is 6.05. The highest BCUT2D eigenvalue weighted by Crippen LogP contribution is 2.21.